The number of aliphatic hydroxyl groups is 1. The molecular formula is C13H22N2O. The zero-order valence-corrected chi connectivity index (χ0v) is 10.4. The fraction of sp³-hybridized carbons (Fsp3) is 0.538. The summed E-state index contributed by atoms with van der Waals surface area (Å²) in [4.78, 5) is 0. The SMILES string of the molecule is CCCC(C)(O)CNc1ccc(C)c(N)c1. The van der Waals surface area contributed by atoms with Crippen LogP contribution in [0, 0.1) is 6.92 Å². The van der Waals surface area contributed by atoms with Gasteiger partial charge in [0.1, 0.15) is 0 Å². The van der Waals surface area contributed by atoms with E-state index < -0.39 is 5.60 Å². The molecular weight excluding hydrogens is 200 g/mol. The summed E-state index contributed by atoms with van der Waals surface area (Å²) in [5.41, 5.74) is 7.97. The Balaban J connectivity index is 2.57. The first-order valence-electron chi connectivity index (χ1n) is 5.77. The van der Waals surface area contributed by atoms with Crippen molar-refractivity contribution in [2.75, 3.05) is 17.6 Å². The fourth-order valence-electron chi connectivity index (χ4n) is 1.67. The quantitative estimate of drug-likeness (QED) is 0.671. The van der Waals surface area contributed by atoms with Crippen molar-refractivity contribution in [1.29, 1.82) is 0 Å². The molecule has 1 atom stereocenters. The van der Waals surface area contributed by atoms with E-state index in [0.717, 1.165) is 29.8 Å². The van der Waals surface area contributed by atoms with E-state index in [0.29, 0.717) is 6.54 Å². The van der Waals surface area contributed by atoms with Crippen molar-refractivity contribution in [3.63, 3.8) is 0 Å². The standard InChI is InChI=1S/C13H22N2O/c1-4-7-13(3,16)9-15-11-6-5-10(2)12(14)8-11/h5-6,8,15-16H,4,7,9,14H2,1-3H3. The minimum absolute atomic E-state index is 0.545. The molecule has 0 heterocycles. The van der Waals surface area contributed by atoms with Crippen molar-refractivity contribution in [3.8, 4) is 0 Å². The van der Waals surface area contributed by atoms with Crippen molar-refractivity contribution < 1.29 is 5.11 Å². The maximum Gasteiger partial charge on any atom is 0.0791 e. The van der Waals surface area contributed by atoms with Crippen LogP contribution in [0.3, 0.4) is 0 Å². The molecule has 3 heteroatoms. The van der Waals surface area contributed by atoms with Gasteiger partial charge in [-0.3, -0.25) is 0 Å². The lowest BCUT2D eigenvalue weighted by Crippen LogP contribution is -2.33. The van der Waals surface area contributed by atoms with E-state index in [4.69, 9.17) is 5.73 Å². The van der Waals surface area contributed by atoms with Crippen LogP contribution < -0.4 is 11.1 Å². The molecule has 0 aliphatic carbocycles. The van der Waals surface area contributed by atoms with E-state index in [2.05, 4.69) is 12.2 Å². The van der Waals surface area contributed by atoms with E-state index >= 15 is 0 Å². The highest BCUT2D eigenvalue weighted by molar-refractivity contribution is 5.58. The lowest BCUT2D eigenvalue weighted by Gasteiger charge is -2.23. The van der Waals surface area contributed by atoms with Gasteiger partial charge in [0.15, 0.2) is 0 Å². The third kappa shape index (κ3) is 3.74. The van der Waals surface area contributed by atoms with Gasteiger partial charge in [0.05, 0.1) is 5.60 Å². The fourth-order valence-corrected chi connectivity index (χ4v) is 1.67. The topological polar surface area (TPSA) is 58.3 Å². The number of hydrogen-bond acceptors (Lipinski definition) is 3. The number of benzene rings is 1. The summed E-state index contributed by atoms with van der Waals surface area (Å²) in [6.07, 6.45) is 1.77. The predicted octanol–water partition coefficient (Wildman–Crippen LogP) is 2.54. The molecule has 3 nitrogen and oxygen atoms in total. The Morgan fingerprint density at radius 3 is 2.69 bits per heavy atom. The summed E-state index contributed by atoms with van der Waals surface area (Å²) in [5.74, 6) is 0. The van der Waals surface area contributed by atoms with Crippen LogP contribution in [0.4, 0.5) is 11.4 Å². The second-order valence-corrected chi connectivity index (χ2v) is 4.67. The summed E-state index contributed by atoms with van der Waals surface area (Å²) in [6, 6.07) is 5.86. The summed E-state index contributed by atoms with van der Waals surface area (Å²) in [6.45, 7) is 6.44. The number of hydrogen-bond donors (Lipinski definition) is 3. The zero-order valence-electron chi connectivity index (χ0n) is 10.4. The molecule has 0 amide bonds. The highest BCUT2D eigenvalue weighted by Gasteiger charge is 2.18. The third-order valence-electron chi connectivity index (χ3n) is 2.74. The van der Waals surface area contributed by atoms with Crippen molar-refractivity contribution >= 4 is 11.4 Å². The Morgan fingerprint density at radius 1 is 1.44 bits per heavy atom. The second-order valence-electron chi connectivity index (χ2n) is 4.67. The third-order valence-corrected chi connectivity index (χ3v) is 2.74. The Kier molecular flexibility index (Phi) is 4.19. The highest BCUT2D eigenvalue weighted by Crippen LogP contribution is 2.19. The van der Waals surface area contributed by atoms with E-state index in [-0.39, 0.29) is 0 Å². The van der Waals surface area contributed by atoms with Gasteiger partial charge in [-0.15, -0.1) is 0 Å². The maximum absolute atomic E-state index is 10.0. The van der Waals surface area contributed by atoms with Crippen LogP contribution in [-0.2, 0) is 0 Å². The van der Waals surface area contributed by atoms with Gasteiger partial charge in [0, 0.05) is 17.9 Å². The van der Waals surface area contributed by atoms with E-state index in [9.17, 15) is 5.11 Å². The molecule has 1 rings (SSSR count). The van der Waals surface area contributed by atoms with Gasteiger partial charge < -0.3 is 16.2 Å². The Bertz CT molecular complexity index is 348. The first kappa shape index (κ1) is 12.8. The van der Waals surface area contributed by atoms with Gasteiger partial charge in [-0.25, -0.2) is 0 Å². The normalized spacial score (nSPS) is 14.5. The van der Waals surface area contributed by atoms with Crippen LogP contribution in [0.2, 0.25) is 0 Å². The van der Waals surface area contributed by atoms with Crippen molar-refractivity contribution in [1.82, 2.24) is 0 Å². The molecule has 0 saturated heterocycles. The summed E-state index contributed by atoms with van der Waals surface area (Å²) in [7, 11) is 0. The van der Waals surface area contributed by atoms with E-state index in [1.807, 2.05) is 32.0 Å². The molecule has 1 unspecified atom stereocenters. The lowest BCUT2D eigenvalue weighted by atomic mass is 10.0. The molecule has 0 fully saturated rings. The number of nitrogens with two attached hydrogens (primary N) is 1. The second kappa shape index (κ2) is 5.21. The Labute approximate surface area is 97.7 Å². The van der Waals surface area contributed by atoms with Gasteiger partial charge in [-0.2, -0.15) is 0 Å². The van der Waals surface area contributed by atoms with E-state index in [1.54, 1.807) is 0 Å². The molecule has 0 aliphatic rings. The largest absolute Gasteiger partial charge is 0.398 e. The maximum atomic E-state index is 10.0. The predicted molar refractivity (Wildman–Crippen MR) is 69.6 cm³/mol. The molecule has 0 aliphatic heterocycles. The number of nitrogen functional groups attached to an aromatic ring is 1. The minimum Gasteiger partial charge on any atom is -0.398 e. The molecule has 1 aromatic carbocycles. The van der Waals surface area contributed by atoms with Crippen LogP contribution in [0.1, 0.15) is 32.3 Å². The number of aryl methyl sites for hydroxylation is 1. The average Bonchev–Trinajstić information content (AvgIpc) is 2.20. The van der Waals surface area contributed by atoms with Crippen LogP contribution in [0.5, 0.6) is 0 Å². The summed E-state index contributed by atoms with van der Waals surface area (Å²) in [5, 5.41) is 13.2. The smallest absolute Gasteiger partial charge is 0.0791 e. The summed E-state index contributed by atoms with van der Waals surface area (Å²) < 4.78 is 0. The van der Waals surface area contributed by atoms with Crippen LogP contribution in [0.25, 0.3) is 0 Å². The molecule has 90 valence electrons. The van der Waals surface area contributed by atoms with Crippen LogP contribution in [0.15, 0.2) is 18.2 Å². The summed E-state index contributed by atoms with van der Waals surface area (Å²) >= 11 is 0. The minimum atomic E-state index is -0.658. The van der Waals surface area contributed by atoms with Crippen molar-refractivity contribution in [3.05, 3.63) is 23.8 Å². The van der Waals surface area contributed by atoms with E-state index in [1.165, 1.54) is 0 Å². The molecule has 4 N–H and O–H groups in total. The van der Waals surface area contributed by atoms with Gasteiger partial charge in [0.25, 0.3) is 0 Å². The van der Waals surface area contributed by atoms with Gasteiger partial charge >= 0.3 is 0 Å². The molecule has 0 radical (unpaired) electrons. The first-order chi connectivity index (χ1) is 7.44. The molecule has 0 saturated carbocycles. The molecule has 16 heavy (non-hydrogen) atoms. The Morgan fingerprint density at radius 2 is 2.12 bits per heavy atom. The number of rotatable bonds is 5. The van der Waals surface area contributed by atoms with Gasteiger partial charge in [-0.1, -0.05) is 19.4 Å². The first-order valence-corrected chi connectivity index (χ1v) is 5.77. The lowest BCUT2D eigenvalue weighted by molar-refractivity contribution is 0.0637. The van der Waals surface area contributed by atoms with Crippen LogP contribution in [-0.4, -0.2) is 17.3 Å². The number of anilines is 2. The van der Waals surface area contributed by atoms with Crippen molar-refractivity contribution in [2.45, 2.75) is 39.2 Å². The molecule has 1 aromatic rings. The average molecular weight is 222 g/mol. The Hall–Kier alpha value is -1.22. The van der Waals surface area contributed by atoms with Gasteiger partial charge in [0.2, 0.25) is 0 Å². The van der Waals surface area contributed by atoms with Crippen molar-refractivity contribution in [2.24, 2.45) is 0 Å². The molecule has 0 spiro atoms. The highest BCUT2D eigenvalue weighted by atomic mass is 16.3. The van der Waals surface area contributed by atoms with Crippen LogP contribution >= 0.6 is 0 Å². The zero-order chi connectivity index (χ0) is 12.2. The molecule has 0 bridgehead atoms. The van der Waals surface area contributed by atoms with Gasteiger partial charge in [-0.05, 0) is 38.0 Å². The monoisotopic (exact) mass is 222 g/mol. The number of nitrogens with one attached hydrogen (secondary N) is 1. The molecule has 0 aromatic heterocycles.